The minimum atomic E-state index is -0.182. The average Bonchev–Trinajstić information content (AvgIpc) is 2.43. The third-order valence-corrected chi connectivity index (χ3v) is 4.35. The monoisotopic (exact) mass is 329 g/mol. The van der Waals surface area contributed by atoms with Crippen molar-refractivity contribution in [2.45, 2.75) is 44.8 Å². The lowest BCUT2D eigenvalue weighted by Gasteiger charge is -2.31. The lowest BCUT2D eigenvalue weighted by atomic mass is 9.96. The molecule has 2 rings (SSSR count). The van der Waals surface area contributed by atoms with Crippen molar-refractivity contribution < 1.29 is 9.13 Å². The first kappa shape index (κ1) is 14.9. The van der Waals surface area contributed by atoms with Crippen molar-refractivity contribution in [3.8, 4) is 0 Å². The maximum Gasteiger partial charge on any atom is 0.123 e. The molecule has 0 amide bonds. The molecule has 1 saturated heterocycles. The zero-order chi connectivity index (χ0) is 13.7. The van der Waals surface area contributed by atoms with Gasteiger partial charge in [-0.25, -0.2) is 4.39 Å². The Morgan fingerprint density at radius 2 is 2.32 bits per heavy atom. The highest BCUT2D eigenvalue weighted by molar-refractivity contribution is 9.10. The number of hydrogen-bond donors (Lipinski definition) is 1. The normalized spacial score (nSPS) is 21.3. The van der Waals surface area contributed by atoms with E-state index in [0.29, 0.717) is 0 Å². The average molecular weight is 330 g/mol. The van der Waals surface area contributed by atoms with Gasteiger partial charge in [0, 0.05) is 17.1 Å². The third-order valence-electron chi connectivity index (χ3n) is 3.58. The lowest BCUT2D eigenvalue weighted by molar-refractivity contribution is -0.00713. The summed E-state index contributed by atoms with van der Waals surface area (Å²) in [5.41, 5.74) is 1.00. The molecule has 106 valence electrons. The SMILES string of the molecule is CCNC(Cc1cc(F)ccc1Br)C1CCCCO1. The molecule has 2 nitrogen and oxygen atoms in total. The summed E-state index contributed by atoms with van der Waals surface area (Å²) in [6, 6.07) is 5.11. The highest BCUT2D eigenvalue weighted by Gasteiger charge is 2.24. The Morgan fingerprint density at radius 1 is 1.47 bits per heavy atom. The molecule has 1 N–H and O–H groups in total. The van der Waals surface area contributed by atoms with Crippen LogP contribution >= 0.6 is 15.9 Å². The highest BCUT2D eigenvalue weighted by atomic mass is 79.9. The molecule has 0 radical (unpaired) electrons. The van der Waals surface area contributed by atoms with Crippen LogP contribution in [0.15, 0.2) is 22.7 Å². The summed E-state index contributed by atoms with van der Waals surface area (Å²) in [6.07, 6.45) is 4.49. The van der Waals surface area contributed by atoms with E-state index in [0.717, 1.165) is 42.5 Å². The summed E-state index contributed by atoms with van der Waals surface area (Å²) < 4.78 is 20.2. The molecule has 1 aliphatic rings. The molecule has 1 heterocycles. The Hall–Kier alpha value is -0.450. The van der Waals surface area contributed by atoms with Crippen LogP contribution in [0.3, 0.4) is 0 Å². The summed E-state index contributed by atoms with van der Waals surface area (Å²) in [5.74, 6) is -0.182. The molecule has 0 bridgehead atoms. The predicted octanol–water partition coefficient (Wildman–Crippen LogP) is 3.68. The summed E-state index contributed by atoms with van der Waals surface area (Å²) in [6.45, 7) is 3.84. The van der Waals surface area contributed by atoms with Crippen LogP contribution in [0.5, 0.6) is 0 Å². The van der Waals surface area contributed by atoms with Gasteiger partial charge in [0.1, 0.15) is 5.82 Å². The van der Waals surface area contributed by atoms with Crippen molar-refractivity contribution in [3.05, 3.63) is 34.1 Å². The van der Waals surface area contributed by atoms with Crippen molar-refractivity contribution >= 4 is 15.9 Å². The van der Waals surface area contributed by atoms with E-state index in [-0.39, 0.29) is 18.0 Å². The number of halogens is 2. The molecule has 0 saturated carbocycles. The van der Waals surface area contributed by atoms with Gasteiger partial charge in [-0.05, 0) is 56.0 Å². The van der Waals surface area contributed by atoms with Gasteiger partial charge in [0.25, 0.3) is 0 Å². The lowest BCUT2D eigenvalue weighted by Crippen LogP contribution is -2.44. The van der Waals surface area contributed by atoms with Gasteiger partial charge in [0.2, 0.25) is 0 Å². The molecule has 1 aromatic carbocycles. The topological polar surface area (TPSA) is 21.3 Å². The van der Waals surface area contributed by atoms with Crippen LogP contribution in [-0.2, 0) is 11.2 Å². The van der Waals surface area contributed by atoms with Gasteiger partial charge in [0.15, 0.2) is 0 Å². The number of nitrogens with one attached hydrogen (secondary N) is 1. The molecule has 4 heteroatoms. The second-order valence-electron chi connectivity index (χ2n) is 5.01. The van der Waals surface area contributed by atoms with E-state index >= 15 is 0 Å². The smallest absolute Gasteiger partial charge is 0.123 e. The summed E-state index contributed by atoms with van der Waals surface area (Å²) in [7, 11) is 0. The first-order chi connectivity index (χ1) is 9.20. The molecule has 0 aliphatic carbocycles. The van der Waals surface area contributed by atoms with Gasteiger partial charge in [-0.15, -0.1) is 0 Å². The van der Waals surface area contributed by atoms with Crippen LogP contribution in [0.25, 0.3) is 0 Å². The Balaban J connectivity index is 2.08. The minimum Gasteiger partial charge on any atom is -0.377 e. The number of benzene rings is 1. The molecule has 2 atom stereocenters. The van der Waals surface area contributed by atoms with Gasteiger partial charge in [-0.1, -0.05) is 22.9 Å². The van der Waals surface area contributed by atoms with E-state index in [2.05, 4.69) is 28.2 Å². The van der Waals surface area contributed by atoms with Crippen molar-refractivity contribution in [1.29, 1.82) is 0 Å². The van der Waals surface area contributed by atoms with Crippen LogP contribution in [0.1, 0.15) is 31.7 Å². The van der Waals surface area contributed by atoms with Gasteiger partial charge >= 0.3 is 0 Å². The maximum atomic E-state index is 13.4. The van der Waals surface area contributed by atoms with E-state index < -0.39 is 0 Å². The van der Waals surface area contributed by atoms with Gasteiger partial charge in [-0.2, -0.15) is 0 Å². The standard InChI is InChI=1S/C15H21BrFNO/c1-2-18-14(15-5-3-4-8-19-15)10-11-9-12(17)6-7-13(11)16/h6-7,9,14-15,18H,2-5,8,10H2,1H3. The fraction of sp³-hybridized carbons (Fsp3) is 0.600. The quantitative estimate of drug-likeness (QED) is 0.889. The molecule has 0 aromatic heterocycles. The van der Waals surface area contributed by atoms with Crippen molar-refractivity contribution in [1.82, 2.24) is 5.32 Å². The van der Waals surface area contributed by atoms with Gasteiger partial charge in [-0.3, -0.25) is 0 Å². The first-order valence-electron chi connectivity index (χ1n) is 6.99. The zero-order valence-electron chi connectivity index (χ0n) is 11.3. The largest absolute Gasteiger partial charge is 0.377 e. The van der Waals surface area contributed by atoms with Crippen molar-refractivity contribution in [2.75, 3.05) is 13.2 Å². The summed E-state index contributed by atoms with van der Waals surface area (Å²) in [4.78, 5) is 0. The van der Waals surface area contributed by atoms with Crippen LogP contribution in [0.2, 0.25) is 0 Å². The Kier molecular flexibility index (Phi) is 5.79. The van der Waals surface area contributed by atoms with E-state index in [9.17, 15) is 4.39 Å². The molecular formula is C15H21BrFNO. The Morgan fingerprint density at radius 3 is 3.00 bits per heavy atom. The van der Waals surface area contributed by atoms with E-state index in [4.69, 9.17) is 4.74 Å². The predicted molar refractivity (Wildman–Crippen MR) is 78.9 cm³/mol. The van der Waals surface area contributed by atoms with E-state index in [1.54, 1.807) is 12.1 Å². The highest BCUT2D eigenvalue weighted by Crippen LogP contribution is 2.23. The molecule has 0 spiro atoms. The second-order valence-corrected chi connectivity index (χ2v) is 5.86. The maximum absolute atomic E-state index is 13.4. The van der Waals surface area contributed by atoms with E-state index in [1.165, 1.54) is 12.5 Å². The minimum absolute atomic E-state index is 0.182. The first-order valence-corrected chi connectivity index (χ1v) is 7.79. The fourth-order valence-corrected chi connectivity index (χ4v) is 3.03. The van der Waals surface area contributed by atoms with Crippen LogP contribution < -0.4 is 5.32 Å². The molecule has 1 fully saturated rings. The van der Waals surface area contributed by atoms with E-state index in [1.807, 2.05) is 0 Å². The second kappa shape index (κ2) is 7.36. The Labute approximate surface area is 122 Å². The summed E-state index contributed by atoms with van der Waals surface area (Å²) >= 11 is 3.50. The third kappa shape index (κ3) is 4.26. The summed E-state index contributed by atoms with van der Waals surface area (Å²) in [5, 5.41) is 3.48. The molecular weight excluding hydrogens is 309 g/mol. The molecule has 1 aromatic rings. The number of likely N-dealkylation sites (N-methyl/N-ethyl adjacent to an activating group) is 1. The van der Waals surface area contributed by atoms with Crippen LogP contribution in [-0.4, -0.2) is 25.3 Å². The number of ether oxygens (including phenoxy) is 1. The van der Waals surface area contributed by atoms with Gasteiger partial charge in [0.05, 0.1) is 6.10 Å². The fourth-order valence-electron chi connectivity index (χ4n) is 2.62. The van der Waals surface area contributed by atoms with Crippen LogP contribution in [0.4, 0.5) is 4.39 Å². The number of rotatable bonds is 5. The van der Waals surface area contributed by atoms with Gasteiger partial charge < -0.3 is 10.1 Å². The Bertz CT molecular complexity index is 407. The van der Waals surface area contributed by atoms with Crippen molar-refractivity contribution in [2.24, 2.45) is 0 Å². The van der Waals surface area contributed by atoms with Crippen LogP contribution in [0, 0.1) is 5.82 Å². The molecule has 2 unspecified atom stereocenters. The molecule has 1 aliphatic heterocycles. The molecule has 19 heavy (non-hydrogen) atoms. The van der Waals surface area contributed by atoms with Crippen molar-refractivity contribution in [3.63, 3.8) is 0 Å². The number of hydrogen-bond acceptors (Lipinski definition) is 2. The zero-order valence-corrected chi connectivity index (χ0v) is 12.9.